The average Bonchev–Trinajstić information content (AvgIpc) is 3.13. The molecule has 0 bridgehead atoms. The van der Waals surface area contributed by atoms with Crippen LogP contribution in [-0.2, 0) is 19.4 Å². The average molecular weight is 315 g/mol. The third kappa shape index (κ3) is 3.65. The lowest BCUT2D eigenvalue weighted by Crippen LogP contribution is -2.43. The molecule has 120 valence electrons. The topological polar surface area (TPSA) is 102 Å². The molecule has 8 heteroatoms. The quantitative estimate of drug-likeness (QED) is 0.640. The van der Waals surface area contributed by atoms with Gasteiger partial charge in [0.2, 0.25) is 0 Å². The molecule has 1 aromatic carbocycles. The molecule has 3 rings (SSSR count). The van der Waals surface area contributed by atoms with Gasteiger partial charge in [-0.25, -0.2) is 4.79 Å². The predicted molar refractivity (Wildman–Crippen MR) is 83.1 cm³/mol. The summed E-state index contributed by atoms with van der Waals surface area (Å²) in [4.78, 5) is 22.0. The molecule has 0 atom stereocenters. The molecule has 2 aromatic rings. The van der Waals surface area contributed by atoms with E-state index in [4.69, 9.17) is 0 Å². The summed E-state index contributed by atoms with van der Waals surface area (Å²) in [7, 11) is 0. The molecular formula is C15H17N5O3. The van der Waals surface area contributed by atoms with Crippen LogP contribution in [-0.4, -0.2) is 33.3 Å². The number of hydrogen-bond donors (Lipinski definition) is 2. The number of nitro groups is 1. The number of benzene rings is 1. The zero-order chi connectivity index (χ0) is 16.2. The van der Waals surface area contributed by atoms with Crippen LogP contribution in [0.15, 0.2) is 36.7 Å². The lowest BCUT2D eigenvalue weighted by Gasteiger charge is -2.13. The van der Waals surface area contributed by atoms with Crippen LogP contribution in [0.25, 0.3) is 0 Å². The molecule has 0 unspecified atom stereocenters. The van der Waals surface area contributed by atoms with Crippen LogP contribution >= 0.6 is 0 Å². The summed E-state index contributed by atoms with van der Waals surface area (Å²) in [6.07, 6.45) is 4.22. The van der Waals surface area contributed by atoms with E-state index in [9.17, 15) is 14.9 Å². The zero-order valence-electron chi connectivity index (χ0n) is 12.4. The molecule has 1 heterocycles. The fraction of sp³-hybridized carbons (Fsp3) is 0.333. The van der Waals surface area contributed by atoms with Gasteiger partial charge >= 0.3 is 11.7 Å². The van der Waals surface area contributed by atoms with Gasteiger partial charge in [-0.1, -0.05) is 24.3 Å². The van der Waals surface area contributed by atoms with Crippen molar-refractivity contribution in [3.8, 4) is 0 Å². The smallest absolute Gasteiger partial charge is 0.315 e. The van der Waals surface area contributed by atoms with Gasteiger partial charge in [0.05, 0.1) is 11.5 Å². The fourth-order valence-corrected chi connectivity index (χ4v) is 2.75. The van der Waals surface area contributed by atoms with E-state index in [0.717, 1.165) is 12.8 Å². The van der Waals surface area contributed by atoms with Crippen molar-refractivity contribution in [2.24, 2.45) is 0 Å². The highest BCUT2D eigenvalue weighted by Crippen LogP contribution is 2.21. The monoisotopic (exact) mass is 315 g/mol. The largest absolute Gasteiger partial charge is 0.336 e. The van der Waals surface area contributed by atoms with E-state index in [-0.39, 0.29) is 17.8 Å². The molecule has 0 radical (unpaired) electrons. The molecule has 2 N–H and O–H groups in total. The van der Waals surface area contributed by atoms with E-state index in [2.05, 4.69) is 27.9 Å². The van der Waals surface area contributed by atoms with Crippen LogP contribution < -0.4 is 10.6 Å². The van der Waals surface area contributed by atoms with Crippen LogP contribution in [0.5, 0.6) is 0 Å². The maximum atomic E-state index is 11.9. The van der Waals surface area contributed by atoms with Gasteiger partial charge in [-0.15, -0.1) is 0 Å². The number of nitrogens with one attached hydrogen (secondary N) is 2. The maximum absolute atomic E-state index is 11.9. The zero-order valence-corrected chi connectivity index (χ0v) is 12.4. The summed E-state index contributed by atoms with van der Waals surface area (Å²) in [5.41, 5.74) is 2.50. The van der Waals surface area contributed by atoms with Gasteiger partial charge < -0.3 is 10.6 Å². The molecule has 1 aliphatic rings. The first-order valence-corrected chi connectivity index (χ1v) is 7.40. The van der Waals surface area contributed by atoms with Crippen molar-refractivity contribution in [2.45, 2.75) is 25.4 Å². The van der Waals surface area contributed by atoms with Crippen LogP contribution in [0.3, 0.4) is 0 Å². The van der Waals surface area contributed by atoms with Crippen LogP contribution in [0.1, 0.15) is 11.1 Å². The van der Waals surface area contributed by atoms with E-state index >= 15 is 0 Å². The highest BCUT2D eigenvalue weighted by atomic mass is 16.6. The minimum atomic E-state index is -0.499. The summed E-state index contributed by atoms with van der Waals surface area (Å²) in [5, 5.41) is 20.1. The lowest BCUT2D eigenvalue weighted by atomic mass is 10.1. The minimum absolute atomic E-state index is 0.0572. The molecule has 0 fully saturated rings. The first-order valence-electron chi connectivity index (χ1n) is 7.40. The molecular weight excluding hydrogens is 298 g/mol. The van der Waals surface area contributed by atoms with Gasteiger partial charge in [-0.2, -0.15) is 5.10 Å². The number of fused-ring (bicyclic) bond motifs is 1. The summed E-state index contributed by atoms with van der Waals surface area (Å²) in [6, 6.07) is 8.05. The molecule has 2 amide bonds. The Balaban J connectivity index is 1.41. The number of carbonyl (C=O) groups excluding carboxylic acids is 1. The van der Waals surface area contributed by atoms with Crippen molar-refractivity contribution >= 4 is 11.7 Å². The highest BCUT2D eigenvalue weighted by molar-refractivity contribution is 5.74. The van der Waals surface area contributed by atoms with Gasteiger partial charge in [0, 0.05) is 12.6 Å². The van der Waals surface area contributed by atoms with E-state index in [1.165, 1.54) is 28.2 Å². The fourth-order valence-electron chi connectivity index (χ4n) is 2.75. The molecule has 23 heavy (non-hydrogen) atoms. The lowest BCUT2D eigenvalue weighted by molar-refractivity contribution is -0.385. The maximum Gasteiger partial charge on any atom is 0.315 e. The molecule has 0 saturated carbocycles. The number of carbonyl (C=O) groups is 1. The van der Waals surface area contributed by atoms with Crippen molar-refractivity contribution < 1.29 is 9.72 Å². The minimum Gasteiger partial charge on any atom is -0.336 e. The highest BCUT2D eigenvalue weighted by Gasteiger charge is 2.22. The second-order valence-electron chi connectivity index (χ2n) is 5.49. The van der Waals surface area contributed by atoms with E-state index in [1.54, 1.807) is 0 Å². The Hall–Kier alpha value is -2.90. The molecule has 1 aromatic heterocycles. The molecule has 0 spiro atoms. The van der Waals surface area contributed by atoms with Gasteiger partial charge in [0.25, 0.3) is 0 Å². The van der Waals surface area contributed by atoms with Crippen molar-refractivity contribution in [1.82, 2.24) is 20.4 Å². The number of aromatic nitrogens is 2. The van der Waals surface area contributed by atoms with Gasteiger partial charge in [-0.3, -0.25) is 14.8 Å². The number of hydrogen-bond acceptors (Lipinski definition) is 4. The van der Waals surface area contributed by atoms with Crippen LogP contribution in [0.2, 0.25) is 0 Å². The van der Waals surface area contributed by atoms with Gasteiger partial charge in [0.1, 0.15) is 12.4 Å². The number of nitrogens with zero attached hydrogens (tertiary/aromatic N) is 3. The normalized spacial score (nSPS) is 13.6. The van der Waals surface area contributed by atoms with E-state index in [1.807, 2.05) is 12.1 Å². The van der Waals surface area contributed by atoms with Crippen LogP contribution in [0.4, 0.5) is 10.5 Å². The van der Waals surface area contributed by atoms with Gasteiger partial charge in [0.15, 0.2) is 0 Å². The first kappa shape index (κ1) is 15.0. The van der Waals surface area contributed by atoms with Gasteiger partial charge in [-0.05, 0) is 24.0 Å². The summed E-state index contributed by atoms with van der Waals surface area (Å²) < 4.78 is 1.43. The number of urea groups is 1. The van der Waals surface area contributed by atoms with Crippen molar-refractivity contribution in [3.63, 3.8) is 0 Å². The van der Waals surface area contributed by atoms with E-state index in [0.29, 0.717) is 13.1 Å². The second-order valence-corrected chi connectivity index (χ2v) is 5.49. The standard InChI is InChI=1S/C15H17N5O3/c21-15(16-5-6-19-10-14(9-17-19)20(22)23)18-13-7-11-3-1-2-4-12(11)8-13/h1-4,9-10,13H,5-8H2,(H2,16,18,21). The molecule has 8 nitrogen and oxygen atoms in total. The summed E-state index contributed by atoms with van der Waals surface area (Å²) in [6.45, 7) is 0.733. The Morgan fingerprint density at radius 3 is 2.65 bits per heavy atom. The summed E-state index contributed by atoms with van der Waals surface area (Å²) >= 11 is 0. The van der Waals surface area contributed by atoms with Crippen molar-refractivity contribution in [1.29, 1.82) is 0 Å². The Morgan fingerprint density at radius 1 is 1.35 bits per heavy atom. The third-order valence-electron chi connectivity index (χ3n) is 3.84. The van der Waals surface area contributed by atoms with Crippen molar-refractivity contribution in [2.75, 3.05) is 6.54 Å². The summed E-state index contributed by atoms with van der Waals surface area (Å²) in [5.74, 6) is 0. The Morgan fingerprint density at radius 2 is 2.04 bits per heavy atom. The SMILES string of the molecule is O=C(NCCn1cc([N+](=O)[O-])cn1)NC1Cc2ccccc2C1. The Kier molecular flexibility index (Phi) is 4.22. The molecule has 1 aliphatic carbocycles. The third-order valence-corrected chi connectivity index (χ3v) is 3.84. The van der Waals surface area contributed by atoms with Crippen LogP contribution in [0, 0.1) is 10.1 Å². The number of rotatable bonds is 5. The molecule has 0 aliphatic heterocycles. The second kappa shape index (κ2) is 6.47. The Bertz CT molecular complexity index is 702. The van der Waals surface area contributed by atoms with E-state index < -0.39 is 4.92 Å². The Labute approximate surface area is 132 Å². The molecule has 0 saturated heterocycles. The first-order chi connectivity index (χ1) is 11.1. The van der Waals surface area contributed by atoms with Crippen molar-refractivity contribution in [3.05, 3.63) is 57.9 Å². The number of amides is 2. The predicted octanol–water partition coefficient (Wildman–Crippen LogP) is 1.26.